The number of halogens is 6. The van der Waals surface area contributed by atoms with E-state index in [2.05, 4.69) is 15.7 Å². The van der Waals surface area contributed by atoms with E-state index in [1.54, 1.807) is 25.7 Å². The number of nitrogens with zero attached hydrogens (tertiary/aromatic N) is 4. The van der Waals surface area contributed by atoms with E-state index in [4.69, 9.17) is 4.74 Å². The fraction of sp³-hybridized carbons (Fsp3) is 0.680. The van der Waals surface area contributed by atoms with E-state index in [1.807, 2.05) is 5.43 Å². The maximum atomic E-state index is 13.4. The minimum atomic E-state index is -4.73. The van der Waals surface area contributed by atoms with Crippen LogP contribution in [0.1, 0.15) is 32.8 Å². The van der Waals surface area contributed by atoms with Crippen LogP contribution < -0.4 is 26.0 Å². The number of amides is 3. The van der Waals surface area contributed by atoms with Crippen molar-refractivity contribution in [1.82, 2.24) is 26.1 Å². The summed E-state index contributed by atoms with van der Waals surface area (Å²) in [5.41, 5.74) is 3.52. The summed E-state index contributed by atoms with van der Waals surface area (Å²) < 4.78 is 85.4. The fourth-order valence-corrected chi connectivity index (χ4v) is 5.44. The highest BCUT2D eigenvalue weighted by atomic mass is 19.4. The number of pyridine rings is 1. The molecule has 3 aliphatic heterocycles. The highest BCUT2D eigenvalue weighted by Crippen LogP contribution is 2.40. The molecule has 4 rings (SSSR count). The predicted molar refractivity (Wildman–Crippen MR) is 137 cm³/mol. The lowest BCUT2D eigenvalue weighted by atomic mass is 9.96. The topological polar surface area (TPSA) is 119 Å². The third-order valence-corrected chi connectivity index (χ3v) is 7.38. The summed E-state index contributed by atoms with van der Waals surface area (Å²) in [5, 5.41) is 2.75. The molecule has 1 aromatic heterocycles. The molecule has 4 heterocycles. The van der Waals surface area contributed by atoms with Crippen LogP contribution in [-0.4, -0.2) is 97.3 Å². The SMILES string of the molecule is CC(C)N1C(=O)[C@H]2CN(C(=O)CCOC[C@H](C)NC3CNNC(=O)C3C(F)(F)F)CCN2c2ncc(C(F)(F)F)cc21. The molecule has 2 saturated heterocycles. The number of hydrogen-bond acceptors (Lipinski definition) is 8. The fourth-order valence-electron chi connectivity index (χ4n) is 5.44. The molecule has 3 amide bonds. The van der Waals surface area contributed by atoms with Gasteiger partial charge in [0, 0.05) is 44.0 Å². The van der Waals surface area contributed by atoms with Gasteiger partial charge in [0.1, 0.15) is 6.04 Å². The first-order chi connectivity index (χ1) is 19.6. The van der Waals surface area contributed by atoms with Gasteiger partial charge in [0.25, 0.3) is 5.91 Å². The van der Waals surface area contributed by atoms with Gasteiger partial charge < -0.3 is 24.8 Å². The lowest BCUT2D eigenvalue weighted by molar-refractivity contribution is -0.193. The van der Waals surface area contributed by atoms with E-state index >= 15 is 0 Å². The summed E-state index contributed by atoms with van der Waals surface area (Å²) >= 11 is 0. The number of alkyl halides is 6. The smallest absolute Gasteiger partial charge is 0.379 e. The lowest BCUT2D eigenvalue weighted by Crippen LogP contribution is -2.65. The van der Waals surface area contributed by atoms with Crippen LogP contribution in [0, 0.1) is 5.92 Å². The molecule has 0 aromatic carbocycles. The van der Waals surface area contributed by atoms with Crippen LogP contribution in [0.15, 0.2) is 12.3 Å². The van der Waals surface area contributed by atoms with Crippen LogP contribution in [-0.2, 0) is 25.3 Å². The van der Waals surface area contributed by atoms with Gasteiger partial charge in [0.05, 0.1) is 37.4 Å². The third kappa shape index (κ3) is 6.72. The van der Waals surface area contributed by atoms with E-state index in [0.717, 1.165) is 12.3 Å². The van der Waals surface area contributed by atoms with Gasteiger partial charge >= 0.3 is 12.4 Å². The van der Waals surface area contributed by atoms with Crippen molar-refractivity contribution in [1.29, 1.82) is 0 Å². The molecule has 2 unspecified atom stereocenters. The molecule has 2 fully saturated rings. The van der Waals surface area contributed by atoms with Crippen LogP contribution in [0.25, 0.3) is 0 Å². The van der Waals surface area contributed by atoms with Crippen molar-refractivity contribution in [3.8, 4) is 0 Å². The lowest BCUT2D eigenvalue weighted by Gasteiger charge is -2.48. The van der Waals surface area contributed by atoms with Crippen molar-refractivity contribution in [2.45, 2.75) is 63.7 Å². The second kappa shape index (κ2) is 12.2. The molecule has 0 bridgehead atoms. The minimum Gasteiger partial charge on any atom is -0.379 e. The predicted octanol–water partition coefficient (Wildman–Crippen LogP) is 1.44. The second-order valence-electron chi connectivity index (χ2n) is 10.8. The highest BCUT2D eigenvalue weighted by molar-refractivity contribution is 6.05. The summed E-state index contributed by atoms with van der Waals surface area (Å²) in [6.07, 6.45) is -8.67. The van der Waals surface area contributed by atoms with Crippen LogP contribution in [0.4, 0.5) is 37.8 Å². The number of ether oxygens (including phenoxy) is 1. The average Bonchev–Trinajstić information content (AvgIpc) is 2.89. The number of anilines is 2. The first-order valence-corrected chi connectivity index (χ1v) is 13.5. The van der Waals surface area contributed by atoms with Gasteiger partial charge in [0.15, 0.2) is 11.7 Å². The van der Waals surface area contributed by atoms with Gasteiger partial charge in [-0.2, -0.15) is 26.3 Å². The van der Waals surface area contributed by atoms with Crippen molar-refractivity contribution >= 4 is 29.2 Å². The molecule has 0 spiro atoms. The van der Waals surface area contributed by atoms with E-state index < -0.39 is 59.8 Å². The van der Waals surface area contributed by atoms with Crippen molar-refractivity contribution in [3.05, 3.63) is 17.8 Å². The van der Waals surface area contributed by atoms with Gasteiger partial charge in [0.2, 0.25) is 11.8 Å². The Kier molecular flexibility index (Phi) is 9.22. The molecule has 0 radical (unpaired) electrons. The van der Waals surface area contributed by atoms with Gasteiger partial charge in [-0.3, -0.25) is 19.8 Å². The summed E-state index contributed by atoms with van der Waals surface area (Å²) in [6, 6.07) is -2.12. The van der Waals surface area contributed by atoms with Gasteiger partial charge in [-0.25, -0.2) is 10.4 Å². The highest BCUT2D eigenvalue weighted by Gasteiger charge is 2.51. The summed E-state index contributed by atoms with van der Waals surface area (Å²) in [4.78, 5) is 46.5. The maximum Gasteiger partial charge on any atom is 0.417 e. The summed E-state index contributed by atoms with van der Waals surface area (Å²) in [6.45, 7) is 5.18. The van der Waals surface area contributed by atoms with Crippen LogP contribution in [0.5, 0.6) is 0 Å². The van der Waals surface area contributed by atoms with Crippen molar-refractivity contribution in [2.24, 2.45) is 5.92 Å². The Balaban J connectivity index is 1.31. The average molecular weight is 610 g/mol. The van der Waals surface area contributed by atoms with E-state index in [-0.39, 0.29) is 63.2 Å². The number of hydrogen-bond donors (Lipinski definition) is 3. The standard InChI is InChI=1S/C25H33F6N7O4/c1-13(2)38-17-8-15(24(26,27)28)9-32-21(17)37-6-5-36(11-18(37)23(38)41)19(39)4-7-42-12-14(3)34-16-10-33-35-22(40)20(16)25(29,30)31/h8-9,13-14,16,18,20,33-34H,4-7,10-12H2,1-3H3,(H,35,40)/t14-,16?,18+,20?/m0/s1. The molecule has 11 nitrogen and oxygen atoms in total. The molecule has 3 N–H and O–H groups in total. The Morgan fingerprint density at radius 2 is 1.88 bits per heavy atom. The number of piperazine rings is 1. The largest absolute Gasteiger partial charge is 0.417 e. The number of hydrazine groups is 1. The molecular weight excluding hydrogens is 576 g/mol. The molecule has 0 aliphatic carbocycles. The zero-order valence-corrected chi connectivity index (χ0v) is 23.2. The Hall–Kier alpha value is -3.18. The zero-order valence-electron chi connectivity index (χ0n) is 23.2. The van der Waals surface area contributed by atoms with E-state index in [9.17, 15) is 40.7 Å². The third-order valence-electron chi connectivity index (χ3n) is 7.38. The number of nitrogens with one attached hydrogen (secondary N) is 3. The Bertz CT molecular complexity index is 1180. The number of carbonyl (C=O) groups is 3. The van der Waals surface area contributed by atoms with Crippen LogP contribution in [0.2, 0.25) is 0 Å². The molecule has 234 valence electrons. The Morgan fingerprint density at radius 3 is 2.52 bits per heavy atom. The number of fused-ring (bicyclic) bond motifs is 3. The Labute approximate surface area is 237 Å². The second-order valence-corrected chi connectivity index (χ2v) is 10.8. The molecule has 42 heavy (non-hydrogen) atoms. The monoisotopic (exact) mass is 609 g/mol. The number of aromatic nitrogens is 1. The minimum absolute atomic E-state index is 0.0105. The zero-order chi connectivity index (χ0) is 31.0. The summed E-state index contributed by atoms with van der Waals surface area (Å²) in [5.74, 6) is -3.89. The van der Waals surface area contributed by atoms with E-state index in [0.29, 0.717) is 0 Å². The van der Waals surface area contributed by atoms with Crippen LogP contribution in [0.3, 0.4) is 0 Å². The van der Waals surface area contributed by atoms with Crippen LogP contribution >= 0.6 is 0 Å². The summed E-state index contributed by atoms with van der Waals surface area (Å²) in [7, 11) is 0. The van der Waals surface area contributed by atoms with Crippen molar-refractivity contribution in [2.75, 3.05) is 49.2 Å². The molecular formula is C25H33F6N7O4. The van der Waals surface area contributed by atoms with Gasteiger partial charge in [-0.05, 0) is 26.8 Å². The van der Waals surface area contributed by atoms with Gasteiger partial charge in [-0.15, -0.1) is 0 Å². The van der Waals surface area contributed by atoms with E-state index in [1.165, 1.54) is 9.80 Å². The van der Waals surface area contributed by atoms with Crippen molar-refractivity contribution in [3.63, 3.8) is 0 Å². The Morgan fingerprint density at radius 1 is 1.17 bits per heavy atom. The van der Waals surface area contributed by atoms with Gasteiger partial charge in [-0.1, -0.05) is 0 Å². The molecule has 4 atom stereocenters. The molecule has 3 aliphatic rings. The molecule has 0 saturated carbocycles. The molecule has 1 aromatic rings. The van der Waals surface area contributed by atoms with Crippen molar-refractivity contribution < 1.29 is 45.5 Å². The number of rotatable bonds is 8. The normalized spacial score (nSPS) is 24.0. The number of carbonyl (C=O) groups excluding carboxylic acids is 3. The first-order valence-electron chi connectivity index (χ1n) is 13.5. The first kappa shape index (κ1) is 31.7. The maximum absolute atomic E-state index is 13.4. The quantitative estimate of drug-likeness (QED) is 0.300. The molecule has 17 heteroatoms.